The number of aromatic hydroxyl groups is 2. The standard InChI is InChI=1S/C36H35NO5/c1-2-3-4-5-6-7-19-37(35(40)29-13-11-27-22-32(38)17-15-25(27)20-29)31-9-8-10-34(24-31)42-36(41)30-14-12-28-23-33(39)18-16-26(28)21-30/h8-18,20-24,38-39H,2-7,19H2,1H3. The Morgan fingerprint density at radius 3 is 1.90 bits per heavy atom. The molecule has 0 heterocycles. The zero-order chi connectivity index (χ0) is 29.5. The number of unbranched alkanes of at least 4 members (excludes halogenated alkanes) is 5. The Labute approximate surface area is 245 Å². The zero-order valence-corrected chi connectivity index (χ0v) is 23.8. The van der Waals surface area contributed by atoms with Crippen molar-refractivity contribution in [2.45, 2.75) is 45.4 Å². The number of phenols is 2. The molecule has 0 radical (unpaired) electrons. The van der Waals surface area contributed by atoms with Gasteiger partial charge in [0.2, 0.25) is 0 Å². The minimum atomic E-state index is -0.506. The lowest BCUT2D eigenvalue weighted by molar-refractivity contribution is 0.0735. The summed E-state index contributed by atoms with van der Waals surface area (Å²) in [6.07, 6.45) is 6.57. The van der Waals surface area contributed by atoms with E-state index in [-0.39, 0.29) is 17.4 Å². The van der Waals surface area contributed by atoms with E-state index in [9.17, 15) is 19.8 Å². The predicted octanol–water partition coefficient (Wildman–Crippen LogP) is 8.63. The van der Waals surface area contributed by atoms with E-state index >= 15 is 0 Å². The van der Waals surface area contributed by atoms with Gasteiger partial charge >= 0.3 is 5.97 Å². The van der Waals surface area contributed by atoms with Crippen molar-refractivity contribution in [2.75, 3.05) is 11.4 Å². The molecule has 5 aromatic rings. The van der Waals surface area contributed by atoms with Crippen molar-refractivity contribution in [1.82, 2.24) is 0 Å². The molecule has 6 heteroatoms. The molecule has 6 nitrogen and oxygen atoms in total. The zero-order valence-electron chi connectivity index (χ0n) is 23.8. The Hall–Kier alpha value is -4.84. The van der Waals surface area contributed by atoms with Crippen molar-refractivity contribution in [3.05, 3.63) is 108 Å². The maximum Gasteiger partial charge on any atom is 0.343 e. The second kappa shape index (κ2) is 13.2. The van der Waals surface area contributed by atoms with Crippen molar-refractivity contribution >= 4 is 39.1 Å². The minimum Gasteiger partial charge on any atom is -0.508 e. The molecular formula is C36H35NO5. The van der Waals surface area contributed by atoms with Crippen molar-refractivity contribution in [2.24, 2.45) is 0 Å². The summed E-state index contributed by atoms with van der Waals surface area (Å²) in [4.78, 5) is 28.7. The predicted molar refractivity (Wildman–Crippen MR) is 168 cm³/mol. The first-order chi connectivity index (χ1) is 20.4. The Morgan fingerprint density at radius 2 is 1.21 bits per heavy atom. The van der Waals surface area contributed by atoms with Gasteiger partial charge in [-0.2, -0.15) is 0 Å². The van der Waals surface area contributed by atoms with E-state index < -0.39 is 5.97 Å². The van der Waals surface area contributed by atoms with Gasteiger partial charge in [0.25, 0.3) is 5.91 Å². The molecule has 2 N–H and O–H groups in total. The highest BCUT2D eigenvalue weighted by Gasteiger charge is 2.19. The summed E-state index contributed by atoms with van der Waals surface area (Å²) in [5.41, 5.74) is 1.59. The normalized spacial score (nSPS) is 11.1. The summed E-state index contributed by atoms with van der Waals surface area (Å²) >= 11 is 0. The SMILES string of the molecule is CCCCCCCCN(C(=O)c1ccc2cc(O)ccc2c1)c1cccc(OC(=O)c2ccc3cc(O)ccc3c2)c1. The fourth-order valence-electron chi connectivity index (χ4n) is 5.16. The molecule has 0 saturated heterocycles. The summed E-state index contributed by atoms with van der Waals surface area (Å²) in [5, 5.41) is 22.9. The van der Waals surface area contributed by atoms with Crippen LogP contribution >= 0.6 is 0 Å². The second-order valence-electron chi connectivity index (χ2n) is 10.6. The molecule has 0 aliphatic rings. The number of ether oxygens (including phenoxy) is 1. The molecule has 0 aromatic heterocycles. The van der Waals surface area contributed by atoms with Crippen molar-refractivity contribution in [3.63, 3.8) is 0 Å². The van der Waals surface area contributed by atoms with Crippen LogP contribution < -0.4 is 9.64 Å². The number of nitrogens with zero attached hydrogens (tertiary/aromatic N) is 1. The smallest absolute Gasteiger partial charge is 0.343 e. The van der Waals surface area contributed by atoms with E-state index in [1.807, 2.05) is 18.2 Å². The molecule has 0 atom stereocenters. The summed E-state index contributed by atoms with van der Waals surface area (Å²) < 4.78 is 5.74. The number of benzene rings is 5. The molecule has 0 saturated carbocycles. The van der Waals surface area contributed by atoms with Gasteiger partial charge in [0, 0.05) is 23.9 Å². The maximum atomic E-state index is 13.9. The highest BCUT2D eigenvalue weighted by molar-refractivity contribution is 6.08. The third kappa shape index (κ3) is 6.89. The van der Waals surface area contributed by atoms with Crippen LogP contribution in [0.2, 0.25) is 0 Å². The average molecular weight is 562 g/mol. The number of phenolic OH excluding ortho intramolecular Hbond substituents is 2. The highest BCUT2D eigenvalue weighted by Crippen LogP contribution is 2.28. The molecule has 42 heavy (non-hydrogen) atoms. The number of carbonyl (C=O) groups is 2. The number of hydrogen-bond acceptors (Lipinski definition) is 5. The Morgan fingerprint density at radius 1 is 0.643 bits per heavy atom. The molecule has 5 rings (SSSR count). The van der Waals surface area contributed by atoms with Gasteiger partial charge in [-0.15, -0.1) is 0 Å². The van der Waals surface area contributed by atoms with E-state index in [0.717, 1.165) is 40.8 Å². The van der Waals surface area contributed by atoms with Gasteiger partial charge < -0.3 is 19.8 Å². The highest BCUT2D eigenvalue weighted by atomic mass is 16.5. The summed E-state index contributed by atoms with van der Waals surface area (Å²) in [7, 11) is 0. The van der Waals surface area contributed by atoms with E-state index in [4.69, 9.17) is 4.74 Å². The van der Waals surface area contributed by atoms with Gasteiger partial charge in [-0.25, -0.2) is 4.79 Å². The fraction of sp³-hybridized carbons (Fsp3) is 0.222. The van der Waals surface area contributed by atoms with E-state index in [0.29, 0.717) is 29.1 Å². The van der Waals surface area contributed by atoms with Crippen molar-refractivity contribution in [3.8, 4) is 17.2 Å². The van der Waals surface area contributed by atoms with Crippen LogP contribution in [0.3, 0.4) is 0 Å². The summed E-state index contributed by atoms with van der Waals surface area (Å²) in [6, 6.07) is 27.8. The monoisotopic (exact) mass is 561 g/mol. The lowest BCUT2D eigenvalue weighted by Gasteiger charge is -2.24. The van der Waals surface area contributed by atoms with Gasteiger partial charge in [-0.05, 0) is 88.6 Å². The first-order valence-corrected chi connectivity index (χ1v) is 14.5. The Balaban J connectivity index is 1.38. The third-order valence-corrected chi connectivity index (χ3v) is 7.45. The molecular weight excluding hydrogens is 526 g/mol. The topological polar surface area (TPSA) is 87.1 Å². The number of rotatable bonds is 11. The summed E-state index contributed by atoms with van der Waals surface area (Å²) in [5.74, 6) is 0.0462. The quantitative estimate of drug-likeness (QED) is 0.0957. The lowest BCUT2D eigenvalue weighted by Crippen LogP contribution is -2.32. The molecule has 0 bridgehead atoms. The number of hydrogen-bond donors (Lipinski definition) is 2. The number of amides is 1. The van der Waals surface area contributed by atoms with Crippen LogP contribution in [-0.4, -0.2) is 28.6 Å². The average Bonchev–Trinajstić information content (AvgIpc) is 3.00. The van der Waals surface area contributed by atoms with E-state index in [1.54, 1.807) is 83.8 Å². The number of fused-ring (bicyclic) bond motifs is 2. The molecule has 1 amide bonds. The number of anilines is 1. The van der Waals surface area contributed by atoms with E-state index in [1.165, 1.54) is 19.3 Å². The van der Waals surface area contributed by atoms with Crippen LogP contribution in [0.1, 0.15) is 66.2 Å². The molecule has 0 aliphatic heterocycles. The van der Waals surface area contributed by atoms with Crippen LogP contribution in [-0.2, 0) is 0 Å². The molecule has 0 aliphatic carbocycles. The fourth-order valence-corrected chi connectivity index (χ4v) is 5.16. The van der Waals surface area contributed by atoms with Crippen LogP contribution in [0.4, 0.5) is 5.69 Å². The second-order valence-corrected chi connectivity index (χ2v) is 10.6. The number of esters is 1. The molecule has 0 spiro atoms. The number of carbonyl (C=O) groups excluding carboxylic acids is 2. The van der Waals surface area contributed by atoms with Crippen LogP contribution in [0, 0.1) is 0 Å². The third-order valence-electron chi connectivity index (χ3n) is 7.45. The van der Waals surface area contributed by atoms with Gasteiger partial charge in [0.15, 0.2) is 0 Å². The Bertz CT molecular complexity index is 1730. The summed E-state index contributed by atoms with van der Waals surface area (Å²) in [6.45, 7) is 2.73. The van der Waals surface area contributed by atoms with Crippen LogP contribution in [0.25, 0.3) is 21.5 Å². The molecule has 0 unspecified atom stereocenters. The maximum absolute atomic E-state index is 13.9. The minimum absolute atomic E-state index is 0.139. The lowest BCUT2D eigenvalue weighted by atomic mass is 10.0. The van der Waals surface area contributed by atoms with Gasteiger partial charge in [0.1, 0.15) is 17.2 Å². The molecule has 214 valence electrons. The van der Waals surface area contributed by atoms with Gasteiger partial charge in [-0.3, -0.25) is 4.79 Å². The van der Waals surface area contributed by atoms with Gasteiger partial charge in [-0.1, -0.05) is 69.4 Å². The van der Waals surface area contributed by atoms with E-state index in [2.05, 4.69) is 6.92 Å². The van der Waals surface area contributed by atoms with Crippen LogP contribution in [0.15, 0.2) is 97.1 Å². The molecule has 5 aromatic carbocycles. The van der Waals surface area contributed by atoms with Gasteiger partial charge in [0.05, 0.1) is 5.56 Å². The van der Waals surface area contributed by atoms with Crippen molar-refractivity contribution < 1.29 is 24.5 Å². The van der Waals surface area contributed by atoms with Crippen LogP contribution in [0.5, 0.6) is 17.2 Å². The Kier molecular flexibility index (Phi) is 9.02. The van der Waals surface area contributed by atoms with Crippen molar-refractivity contribution in [1.29, 1.82) is 0 Å². The first-order valence-electron chi connectivity index (χ1n) is 14.5. The molecule has 0 fully saturated rings. The largest absolute Gasteiger partial charge is 0.508 e. The first kappa shape index (κ1) is 28.7.